The Balaban J connectivity index is 1.39. The summed E-state index contributed by atoms with van der Waals surface area (Å²) in [5.74, 6) is -8.30. The number of aromatic nitrogens is 1. The number of alkyl carbamates (subject to hydrolysis) is 1. The van der Waals surface area contributed by atoms with Gasteiger partial charge in [0.2, 0.25) is 27.7 Å². The van der Waals surface area contributed by atoms with E-state index in [9.17, 15) is 53.9 Å². The van der Waals surface area contributed by atoms with Crippen molar-refractivity contribution >= 4 is 44.6 Å². The molecule has 2 aliphatic carbocycles. The summed E-state index contributed by atoms with van der Waals surface area (Å²) in [4.78, 5) is 61.3. The molecule has 2 aliphatic heterocycles. The number of amides is 4. The van der Waals surface area contributed by atoms with Gasteiger partial charge in [0.25, 0.3) is 11.8 Å². The van der Waals surface area contributed by atoms with Crippen molar-refractivity contribution in [2.75, 3.05) is 20.3 Å². The lowest BCUT2D eigenvalue weighted by Gasteiger charge is -2.35. The first-order valence-electron chi connectivity index (χ1n) is 20.3. The number of carbonyl (C=O) groups excluding carboxylic acids is 4. The number of rotatable bonds is 10. The van der Waals surface area contributed by atoms with E-state index >= 15 is 0 Å². The Morgan fingerprint density at radius 1 is 1.05 bits per heavy atom. The average molecular weight is 904 g/mol. The molecule has 21 heteroatoms. The summed E-state index contributed by atoms with van der Waals surface area (Å²) >= 11 is 0. The quantitative estimate of drug-likeness (QED) is 0.190. The van der Waals surface area contributed by atoms with Crippen LogP contribution in [0.3, 0.4) is 0 Å². The standard InChI is InChI=1S/C41H51F6N5O9S/c1-22-9-7-8-10-25-19-40(25,35(55)51-62(57,58)39(21-42)13-14-39)50-32(53)29-18-27(60-33-28-12-11-26(59-6)16-24(28)17-30(48-33)41(45,46)47)20-52(29)34(54)31(23(2)15-22)49-36(56)61-37(3,4)38(5,43)44/h8,10-12,16-17,22-23,25,27,29,31H,7,9,13-15,18-21H2,1-6H3,(H,49,56)(H,50,53)(H,51,55)/b10-8-/t22-,23+,25?,27+,29-,31-,40+/m0/s1. The first-order chi connectivity index (χ1) is 28.8. The number of allylic oxidation sites excluding steroid dienone is 1. The molecule has 7 atom stereocenters. The Hall–Kier alpha value is -4.82. The first-order valence-corrected chi connectivity index (χ1v) is 21.8. The van der Waals surface area contributed by atoms with Gasteiger partial charge in [0, 0.05) is 24.6 Å². The van der Waals surface area contributed by atoms with Gasteiger partial charge in [-0.3, -0.25) is 19.1 Å². The lowest BCUT2D eigenvalue weighted by Crippen LogP contribution is -2.60. The normalized spacial score (nSPS) is 28.6. The van der Waals surface area contributed by atoms with E-state index in [4.69, 9.17) is 14.2 Å². The van der Waals surface area contributed by atoms with Crippen molar-refractivity contribution in [2.45, 2.75) is 126 Å². The van der Waals surface area contributed by atoms with E-state index in [-0.39, 0.29) is 41.7 Å². The Morgan fingerprint density at radius 2 is 1.74 bits per heavy atom. The topological polar surface area (TPSA) is 182 Å². The summed E-state index contributed by atoms with van der Waals surface area (Å²) < 4.78 is 128. The molecule has 2 aromatic rings. The summed E-state index contributed by atoms with van der Waals surface area (Å²) in [5.41, 5.74) is -5.50. The molecule has 1 aromatic carbocycles. The fraction of sp³-hybridized carbons (Fsp3) is 0.634. The van der Waals surface area contributed by atoms with Gasteiger partial charge in [-0.1, -0.05) is 26.0 Å². The second-order valence-corrected chi connectivity index (χ2v) is 19.7. The highest BCUT2D eigenvalue weighted by Crippen LogP contribution is 2.48. The van der Waals surface area contributed by atoms with Crippen LogP contribution in [0.2, 0.25) is 0 Å². The van der Waals surface area contributed by atoms with E-state index < -0.39 is 123 Å². The molecular formula is C41H51F6N5O9S. The van der Waals surface area contributed by atoms with E-state index in [0.29, 0.717) is 26.2 Å². The highest BCUT2D eigenvalue weighted by molar-refractivity contribution is 7.91. The molecule has 14 nitrogen and oxygen atoms in total. The number of fused-ring (bicyclic) bond motifs is 3. The third kappa shape index (κ3) is 9.41. The molecule has 1 unspecified atom stereocenters. The van der Waals surface area contributed by atoms with Crippen LogP contribution in [-0.4, -0.2) is 102 Å². The number of hydrogen-bond donors (Lipinski definition) is 3. The molecule has 4 amide bonds. The molecule has 6 rings (SSSR count). The Kier molecular flexibility index (Phi) is 12.6. The molecule has 1 saturated heterocycles. The lowest BCUT2D eigenvalue weighted by molar-refractivity contribution is -0.152. The van der Waals surface area contributed by atoms with Crippen LogP contribution in [0.1, 0.15) is 85.3 Å². The van der Waals surface area contributed by atoms with Gasteiger partial charge in [-0.25, -0.2) is 31.4 Å². The third-order valence-corrected chi connectivity index (χ3v) is 14.6. The fourth-order valence-corrected chi connectivity index (χ4v) is 9.38. The van der Waals surface area contributed by atoms with Crippen LogP contribution in [-0.2, 0) is 35.3 Å². The summed E-state index contributed by atoms with van der Waals surface area (Å²) in [6.45, 7) is 4.33. The van der Waals surface area contributed by atoms with Crippen LogP contribution in [0.5, 0.6) is 11.6 Å². The number of methoxy groups -OCH3 is 1. The van der Waals surface area contributed by atoms with Gasteiger partial charge in [-0.2, -0.15) is 13.2 Å². The molecule has 3 fully saturated rings. The number of halogens is 6. The second-order valence-electron chi connectivity index (χ2n) is 17.6. The van der Waals surface area contributed by atoms with Crippen molar-refractivity contribution in [1.82, 2.24) is 25.2 Å². The second kappa shape index (κ2) is 16.7. The van der Waals surface area contributed by atoms with Gasteiger partial charge in [-0.15, -0.1) is 0 Å². The van der Waals surface area contributed by atoms with Crippen molar-refractivity contribution in [3.8, 4) is 11.6 Å². The van der Waals surface area contributed by atoms with Crippen molar-refractivity contribution < 1.29 is 68.1 Å². The number of ether oxygens (including phenoxy) is 3. The number of carbonyl (C=O) groups is 4. The van der Waals surface area contributed by atoms with Crippen LogP contribution in [0.25, 0.3) is 10.8 Å². The van der Waals surface area contributed by atoms with Gasteiger partial charge in [-0.05, 0) is 93.9 Å². The van der Waals surface area contributed by atoms with Crippen LogP contribution in [0, 0.1) is 17.8 Å². The molecule has 0 radical (unpaired) electrons. The summed E-state index contributed by atoms with van der Waals surface area (Å²) in [5, 5.41) is 5.24. The predicted octanol–water partition coefficient (Wildman–Crippen LogP) is 5.97. The number of pyridine rings is 1. The zero-order valence-electron chi connectivity index (χ0n) is 35.0. The highest BCUT2D eigenvalue weighted by atomic mass is 32.2. The van der Waals surface area contributed by atoms with Crippen LogP contribution in [0.15, 0.2) is 36.4 Å². The minimum Gasteiger partial charge on any atom is -0.497 e. The van der Waals surface area contributed by atoms with Gasteiger partial charge in [0.05, 0.1) is 13.7 Å². The fourth-order valence-electron chi connectivity index (χ4n) is 7.95. The monoisotopic (exact) mass is 903 g/mol. The Labute approximate surface area is 354 Å². The molecule has 0 spiro atoms. The van der Waals surface area contributed by atoms with Crippen molar-refractivity contribution in [3.63, 3.8) is 0 Å². The van der Waals surface area contributed by atoms with Crippen molar-refractivity contribution in [3.05, 3.63) is 42.1 Å². The number of sulfonamides is 1. The maximum absolute atomic E-state index is 14.8. The lowest BCUT2D eigenvalue weighted by atomic mass is 9.88. The number of alkyl halides is 6. The van der Waals surface area contributed by atoms with Crippen molar-refractivity contribution in [2.24, 2.45) is 17.8 Å². The van der Waals surface area contributed by atoms with Gasteiger partial charge in [0.15, 0.2) is 5.60 Å². The van der Waals surface area contributed by atoms with E-state index in [1.807, 2.05) is 11.6 Å². The summed E-state index contributed by atoms with van der Waals surface area (Å²) in [7, 11) is -3.20. The van der Waals surface area contributed by atoms with Crippen LogP contribution >= 0.6 is 0 Å². The molecule has 62 heavy (non-hydrogen) atoms. The summed E-state index contributed by atoms with van der Waals surface area (Å²) in [6, 6.07) is 1.97. The number of hydrogen-bond acceptors (Lipinski definition) is 10. The first kappa shape index (κ1) is 46.7. The highest BCUT2D eigenvalue weighted by Gasteiger charge is 2.64. The minimum absolute atomic E-state index is 0.0172. The largest absolute Gasteiger partial charge is 0.497 e. The molecule has 1 aromatic heterocycles. The maximum atomic E-state index is 14.8. The molecule has 2 saturated carbocycles. The summed E-state index contributed by atoms with van der Waals surface area (Å²) in [6.07, 6.45) is -3.28. The number of nitrogens with zero attached hydrogens (tertiary/aromatic N) is 2. The minimum atomic E-state index is -4.92. The third-order valence-electron chi connectivity index (χ3n) is 12.5. The van der Waals surface area contributed by atoms with E-state index in [1.165, 1.54) is 25.3 Å². The molecule has 0 bridgehead atoms. The molecule has 3 heterocycles. The molecular weight excluding hydrogens is 853 g/mol. The van der Waals surface area contributed by atoms with E-state index in [0.717, 1.165) is 24.8 Å². The Bertz CT molecular complexity index is 2230. The zero-order valence-corrected chi connectivity index (χ0v) is 35.9. The number of nitrogens with one attached hydrogen (secondary N) is 3. The van der Waals surface area contributed by atoms with Crippen LogP contribution in [0.4, 0.5) is 31.1 Å². The Morgan fingerprint density at radius 3 is 2.35 bits per heavy atom. The average Bonchev–Trinajstić information content (AvgIpc) is 4.08. The van der Waals surface area contributed by atoms with Gasteiger partial charge in [0.1, 0.15) is 46.6 Å². The van der Waals surface area contributed by atoms with Crippen molar-refractivity contribution in [1.29, 1.82) is 0 Å². The van der Waals surface area contributed by atoms with E-state index in [2.05, 4.69) is 15.6 Å². The van der Waals surface area contributed by atoms with Crippen LogP contribution < -0.4 is 24.8 Å². The molecule has 4 aliphatic rings. The number of benzene rings is 1. The molecule has 342 valence electrons. The van der Waals surface area contributed by atoms with E-state index in [1.54, 1.807) is 19.1 Å². The van der Waals surface area contributed by atoms with Gasteiger partial charge < -0.3 is 29.7 Å². The zero-order chi connectivity index (χ0) is 45.8. The SMILES string of the molecule is COc1ccc2c(O[C@@H]3C[C@H]4C(=O)N[C@]5(C(=O)NS(=O)(=O)C6(CF)CC6)CC5/C=C\CC[C@H](C)C[C@@H](C)[C@H](NC(=O)OC(C)(C)C(C)(F)F)C(=O)N4C3)nc(C(F)(F)F)cc2c1. The predicted molar refractivity (Wildman–Crippen MR) is 211 cm³/mol. The smallest absolute Gasteiger partial charge is 0.433 e. The maximum Gasteiger partial charge on any atom is 0.433 e. The van der Waals surface area contributed by atoms with Gasteiger partial charge >= 0.3 is 12.3 Å². The molecule has 3 N–H and O–H groups in total.